The Balaban J connectivity index is 1.64. The Morgan fingerprint density at radius 3 is 2.31 bits per heavy atom. The SMILES string of the molecule is COc1ccc(C(=O)N2CCN(S(=O)(=O)Cc3cccc(F)c3)CC2)cc1OC. The van der Waals surface area contributed by atoms with E-state index in [4.69, 9.17) is 9.47 Å². The lowest BCUT2D eigenvalue weighted by molar-refractivity contribution is 0.0697. The van der Waals surface area contributed by atoms with Gasteiger partial charge in [-0.25, -0.2) is 12.8 Å². The van der Waals surface area contributed by atoms with E-state index in [2.05, 4.69) is 0 Å². The molecule has 1 amide bonds. The normalized spacial score (nSPS) is 15.2. The smallest absolute Gasteiger partial charge is 0.254 e. The Morgan fingerprint density at radius 1 is 1.00 bits per heavy atom. The molecule has 0 N–H and O–H groups in total. The van der Waals surface area contributed by atoms with Crippen molar-refractivity contribution in [3.63, 3.8) is 0 Å². The maximum Gasteiger partial charge on any atom is 0.254 e. The molecule has 1 saturated heterocycles. The Hall–Kier alpha value is -2.65. The molecule has 0 unspecified atom stereocenters. The molecule has 29 heavy (non-hydrogen) atoms. The van der Waals surface area contributed by atoms with Gasteiger partial charge in [-0.3, -0.25) is 4.79 Å². The number of hydrogen-bond donors (Lipinski definition) is 0. The molecule has 1 fully saturated rings. The number of rotatable bonds is 6. The van der Waals surface area contributed by atoms with E-state index in [1.54, 1.807) is 29.2 Å². The Kier molecular flexibility index (Phi) is 6.39. The average Bonchev–Trinajstić information content (AvgIpc) is 2.72. The molecule has 1 heterocycles. The number of carbonyl (C=O) groups excluding carboxylic acids is 1. The minimum atomic E-state index is -3.59. The van der Waals surface area contributed by atoms with Crippen molar-refractivity contribution in [3.8, 4) is 11.5 Å². The third-order valence-corrected chi connectivity index (χ3v) is 6.64. The molecule has 1 aliphatic heterocycles. The highest BCUT2D eigenvalue weighted by Gasteiger charge is 2.29. The van der Waals surface area contributed by atoms with Crippen molar-refractivity contribution in [2.75, 3.05) is 40.4 Å². The zero-order valence-corrected chi connectivity index (χ0v) is 17.1. The van der Waals surface area contributed by atoms with Crippen molar-refractivity contribution >= 4 is 15.9 Å². The van der Waals surface area contributed by atoms with Crippen LogP contribution in [-0.2, 0) is 15.8 Å². The van der Waals surface area contributed by atoms with Crippen LogP contribution in [0.1, 0.15) is 15.9 Å². The minimum absolute atomic E-state index is 0.191. The van der Waals surface area contributed by atoms with Crippen LogP contribution in [0.2, 0.25) is 0 Å². The van der Waals surface area contributed by atoms with Crippen molar-refractivity contribution in [1.29, 1.82) is 0 Å². The fourth-order valence-electron chi connectivity index (χ4n) is 3.25. The van der Waals surface area contributed by atoms with Gasteiger partial charge in [-0.15, -0.1) is 0 Å². The first-order valence-electron chi connectivity index (χ1n) is 9.07. The fraction of sp³-hybridized carbons (Fsp3) is 0.350. The van der Waals surface area contributed by atoms with Gasteiger partial charge < -0.3 is 14.4 Å². The molecule has 7 nitrogen and oxygen atoms in total. The highest BCUT2D eigenvalue weighted by atomic mass is 32.2. The summed E-state index contributed by atoms with van der Waals surface area (Å²) in [5.74, 6) is 0.0390. The topological polar surface area (TPSA) is 76.2 Å². The molecule has 1 aliphatic rings. The van der Waals surface area contributed by atoms with Gasteiger partial charge in [0, 0.05) is 31.7 Å². The van der Waals surface area contributed by atoms with Gasteiger partial charge in [0.2, 0.25) is 10.0 Å². The number of sulfonamides is 1. The van der Waals surface area contributed by atoms with Gasteiger partial charge in [-0.2, -0.15) is 4.31 Å². The van der Waals surface area contributed by atoms with Crippen LogP contribution in [0, 0.1) is 5.82 Å². The monoisotopic (exact) mass is 422 g/mol. The molecule has 0 radical (unpaired) electrons. The zero-order valence-electron chi connectivity index (χ0n) is 16.3. The second-order valence-electron chi connectivity index (χ2n) is 6.65. The number of hydrogen-bond acceptors (Lipinski definition) is 5. The molecule has 0 aromatic heterocycles. The van der Waals surface area contributed by atoms with Gasteiger partial charge in [0.15, 0.2) is 11.5 Å². The molecule has 0 saturated carbocycles. The molecule has 156 valence electrons. The van der Waals surface area contributed by atoms with Crippen LogP contribution in [0.15, 0.2) is 42.5 Å². The largest absolute Gasteiger partial charge is 0.493 e. The highest BCUT2D eigenvalue weighted by molar-refractivity contribution is 7.88. The zero-order chi connectivity index (χ0) is 21.0. The van der Waals surface area contributed by atoms with E-state index in [1.165, 1.54) is 36.7 Å². The van der Waals surface area contributed by atoms with Crippen LogP contribution in [0.3, 0.4) is 0 Å². The van der Waals surface area contributed by atoms with E-state index < -0.39 is 15.8 Å². The maximum atomic E-state index is 13.3. The number of ether oxygens (including phenoxy) is 2. The van der Waals surface area contributed by atoms with Crippen LogP contribution in [0.4, 0.5) is 4.39 Å². The lowest BCUT2D eigenvalue weighted by Gasteiger charge is -2.34. The summed E-state index contributed by atoms with van der Waals surface area (Å²) in [6.07, 6.45) is 0. The number of carbonyl (C=O) groups is 1. The van der Waals surface area contributed by atoms with Gasteiger partial charge in [0.25, 0.3) is 5.91 Å². The predicted octanol–water partition coefficient (Wildman–Crippen LogP) is 2.13. The summed E-state index contributed by atoms with van der Waals surface area (Å²) in [6.45, 7) is 0.929. The lowest BCUT2D eigenvalue weighted by Crippen LogP contribution is -2.50. The van der Waals surface area contributed by atoms with Crippen LogP contribution in [0.25, 0.3) is 0 Å². The summed E-state index contributed by atoms with van der Waals surface area (Å²) in [5, 5.41) is 0. The van der Waals surface area contributed by atoms with Crippen LogP contribution in [0.5, 0.6) is 11.5 Å². The Labute approximate surface area is 169 Å². The van der Waals surface area contributed by atoms with E-state index >= 15 is 0 Å². The molecule has 2 aromatic rings. The standard InChI is InChI=1S/C20H23FN2O5S/c1-27-18-7-6-16(13-19(18)28-2)20(24)22-8-10-23(11-9-22)29(25,26)14-15-4-3-5-17(21)12-15/h3-7,12-13H,8-11,14H2,1-2H3. The number of methoxy groups -OCH3 is 2. The molecular weight excluding hydrogens is 399 g/mol. The van der Waals surface area contributed by atoms with Crippen LogP contribution in [-0.4, -0.2) is 63.9 Å². The van der Waals surface area contributed by atoms with Gasteiger partial charge in [-0.05, 0) is 35.9 Å². The number of nitrogens with zero attached hydrogens (tertiary/aromatic N) is 2. The number of benzene rings is 2. The van der Waals surface area contributed by atoms with E-state index in [-0.39, 0.29) is 37.8 Å². The third kappa shape index (κ3) is 4.86. The molecule has 0 aliphatic carbocycles. The van der Waals surface area contributed by atoms with Crippen molar-refractivity contribution in [2.45, 2.75) is 5.75 Å². The first-order chi connectivity index (χ1) is 13.8. The molecular formula is C20H23FN2O5S. The fourth-order valence-corrected chi connectivity index (χ4v) is 4.75. The molecule has 2 aromatic carbocycles. The minimum Gasteiger partial charge on any atom is -0.493 e. The molecule has 0 bridgehead atoms. The Morgan fingerprint density at radius 2 is 1.69 bits per heavy atom. The van der Waals surface area contributed by atoms with Gasteiger partial charge in [0.1, 0.15) is 5.82 Å². The third-order valence-electron chi connectivity index (χ3n) is 4.79. The summed E-state index contributed by atoms with van der Waals surface area (Å²) in [6, 6.07) is 10.5. The molecule has 0 atom stereocenters. The van der Waals surface area contributed by atoms with Gasteiger partial charge in [-0.1, -0.05) is 12.1 Å². The maximum absolute atomic E-state index is 13.3. The molecule has 0 spiro atoms. The molecule has 3 rings (SSSR count). The quantitative estimate of drug-likeness (QED) is 0.713. The first-order valence-corrected chi connectivity index (χ1v) is 10.7. The second kappa shape index (κ2) is 8.79. The van der Waals surface area contributed by atoms with Crippen molar-refractivity contribution < 1.29 is 27.1 Å². The average molecular weight is 422 g/mol. The number of amides is 1. The van der Waals surface area contributed by atoms with Crippen LogP contribution < -0.4 is 9.47 Å². The predicted molar refractivity (Wildman–Crippen MR) is 106 cm³/mol. The summed E-state index contributed by atoms with van der Waals surface area (Å²) < 4.78 is 50.3. The van der Waals surface area contributed by atoms with E-state index in [9.17, 15) is 17.6 Å². The lowest BCUT2D eigenvalue weighted by atomic mass is 10.1. The van der Waals surface area contributed by atoms with Crippen LogP contribution >= 0.6 is 0 Å². The van der Waals surface area contributed by atoms with Crippen molar-refractivity contribution in [1.82, 2.24) is 9.21 Å². The van der Waals surface area contributed by atoms with Gasteiger partial charge in [0.05, 0.1) is 20.0 Å². The first kappa shape index (κ1) is 21.1. The highest BCUT2D eigenvalue weighted by Crippen LogP contribution is 2.28. The summed E-state index contributed by atoms with van der Waals surface area (Å²) >= 11 is 0. The summed E-state index contributed by atoms with van der Waals surface area (Å²) in [4.78, 5) is 14.4. The van der Waals surface area contributed by atoms with Crippen molar-refractivity contribution in [3.05, 3.63) is 59.4 Å². The van der Waals surface area contributed by atoms with E-state index in [0.717, 1.165) is 0 Å². The number of halogens is 1. The number of piperazine rings is 1. The van der Waals surface area contributed by atoms with Crippen molar-refractivity contribution in [2.24, 2.45) is 0 Å². The van der Waals surface area contributed by atoms with E-state index in [0.29, 0.717) is 22.6 Å². The Bertz CT molecular complexity index is 988. The van der Waals surface area contributed by atoms with E-state index in [1.807, 2.05) is 0 Å². The molecule has 9 heteroatoms. The summed E-state index contributed by atoms with van der Waals surface area (Å²) in [5.41, 5.74) is 0.840. The summed E-state index contributed by atoms with van der Waals surface area (Å²) in [7, 11) is -0.583. The van der Waals surface area contributed by atoms with Gasteiger partial charge >= 0.3 is 0 Å². The second-order valence-corrected chi connectivity index (χ2v) is 8.62.